The third-order valence-electron chi connectivity index (χ3n) is 8.10. The van der Waals surface area contributed by atoms with E-state index in [1.165, 1.54) is 36.2 Å². The number of amides is 4. The predicted octanol–water partition coefficient (Wildman–Crippen LogP) is 4.52. The second-order valence-corrected chi connectivity index (χ2v) is 11.0. The van der Waals surface area contributed by atoms with Crippen LogP contribution in [0.3, 0.4) is 0 Å². The van der Waals surface area contributed by atoms with Crippen molar-refractivity contribution in [1.82, 2.24) is 15.1 Å². The Kier molecular flexibility index (Phi) is 8.24. The summed E-state index contributed by atoms with van der Waals surface area (Å²) in [5.74, 6) is -5.29. The number of nitrogens with one attached hydrogen (secondary N) is 1. The van der Waals surface area contributed by atoms with Crippen LogP contribution >= 0.6 is 0 Å². The van der Waals surface area contributed by atoms with Gasteiger partial charge in [-0.3, -0.25) is 24.1 Å². The van der Waals surface area contributed by atoms with Crippen molar-refractivity contribution in [3.05, 3.63) is 70.8 Å². The van der Waals surface area contributed by atoms with E-state index < -0.39 is 70.0 Å². The zero-order valence-electron chi connectivity index (χ0n) is 22.7. The Hall–Kier alpha value is -3.83. The van der Waals surface area contributed by atoms with Crippen LogP contribution in [-0.4, -0.2) is 59.6 Å². The number of carbonyl (C=O) groups is 4. The van der Waals surface area contributed by atoms with Gasteiger partial charge in [0.05, 0.1) is 17.0 Å². The molecule has 2 fully saturated rings. The fourth-order valence-electron chi connectivity index (χ4n) is 5.69. The highest BCUT2D eigenvalue weighted by Crippen LogP contribution is 2.51. The maximum atomic E-state index is 14.3. The molecular weight excluding hydrogens is 549 g/mol. The molecule has 1 spiro atoms. The van der Waals surface area contributed by atoms with Gasteiger partial charge in [-0.15, -0.1) is 0 Å². The van der Waals surface area contributed by atoms with Crippen LogP contribution in [0.4, 0.5) is 22.0 Å². The number of nitrogens with zero attached hydrogens (tertiary/aromatic N) is 2. The Labute approximate surface area is 233 Å². The van der Waals surface area contributed by atoms with Gasteiger partial charge >= 0.3 is 6.18 Å². The molecule has 4 amide bonds. The molecule has 0 saturated carbocycles. The lowest BCUT2D eigenvalue weighted by Gasteiger charge is -2.50. The Morgan fingerprint density at radius 1 is 1.00 bits per heavy atom. The van der Waals surface area contributed by atoms with Gasteiger partial charge in [-0.1, -0.05) is 26.0 Å². The monoisotopic (exact) mass is 579 g/mol. The molecule has 41 heavy (non-hydrogen) atoms. The van der Waals surface area contributed by atoms with Crippen molar-refractivity contribution in [2.24, 2.45) is 11.3 Å². The molecule has 2 saturated heterocycles. The predicted molar refractivity (Wildman–Crippen MR) is 137 cm³/mol. The van der Waals surface area contributed by atoms with E-state index in [0.717, 1.165) is 4.90 Å². The van der Waals surface area contributed by atoms with Crippen molar-refractivity contribution < 1.29 is 41.1 Å². The number of imide groups is 1. The Bertz CT molecular complexity index is 1350. The molecule has 2 heterocycles. The second-order valence-electron chi connectivity index (χ2n) is 11.0. The summed E-state index contributed by atoms with van der Waals surface area (Å²) in [4.78, 5) is 54.8. The van der Waals surface area contributed by atoms with E-state index in [1.54, 1.807) is 13.8 Å². The Balaban J connectivity index is 1.53. The molecule has 7 nitrogen and oxygen atoms in total. The lowest BCUT2D eigenvalue weighted by molar-refractivity contribution is -0.156. The van der Waals surface area contributed by atoms with Crippen LogP contribution < -0.4 is 5.32 Å². The molecule has 2 aliphatic heterocycles. The molecule has 0 bridgehead atoms. The van der Waals surface area contributed by atoms with Crippen molar-refractivity contribution in [3.8, 4) is 0 Å². The Morgan fingerprint density at radius 3 is 2.17 bits per heavy atom. The van der Waals surface area contributed by atoms with Gasteiger partial charge in [0, 0.05) is 26.6 Å². The van der Waals surface area contributed by atoms with Gasteiger partial charge in [0.15, 0.2) is 0 Å². The molecule has 2 aromatic rings. The first kappa shape index (κ1) is 30.1. The fourth-order valence-corrected chi connectivity index (χ4v) is 5.69. The van der Waals surface area contributed by atoms with Crippen LogP contribution in [0, 0.1) is 23.0 Å². The maximum Gasteiger partial charge on any atom is 0.416 e. The molecule has 1 unspecified atom stereocenters. The number of alkyl halides is 3. The quantitative estimate of drug-likeness (QED) is 0.417. The number of benzene rings is 2. The highest BCUT2D eigenvalue weighted by atomic mass is 19.4. The van der Waals surface area contributed by atoms with Gasteiger partial charge in [0.25, 0.3) is 5.91 Å². The minimum Gasteiger partial charge on any atom is -0.341 e. The standard InChI is InChI=1S/C29H30F5N3O4/c1-16(2)24(35-25(39)20-14-18(29(32,33)34)6-9-21(20)31)27(41)37-12-10-28(11-13-37)15-22(38)36(3)26(40)23(28)17-4-7-19(30)8-5-17/h4-9,14,16,23-24H,10-13,15H2,1-3H3,(H,35,39)/t23?,24-/m1/s1. The van der Waals surface area contributed by atoms with Crippen molar-refractivity contribution in [2.75, 3.05) is 20.1 Å². The summed E-state index contributed by atoms with van der Waals surface area (Å²) in [6.45, 7) is 3.54. The maximum absolute atomic E-state index is 14.3. The summed E-state index contributed by atoms with van der Waals surface area (Å²) < 4.78 is 67.3. The molecule has 2 aromatic carbocycles. The summed E-state index contributed by atoms with van der Waals surface area (Å²) in [7, 11) is 1.40. The summed E-state index contributed by atoms with van der Waals surface area (Å²) in [6, 6.07) is 5.83. The third kappa shape index (κ3) is 5.96. The second kappa shape index (κ2) is 11.2. The highest BCUT2D eigenvalue weighted by molar-refractivity contribution is 6.02. The van der Waals surface area contributed by atoms with Crippen LogP contribution in [0.25, 0.3) is 0 Å². The molecule has 2 aliphatic rings. The molecule has 4 rings (SSSR count). The molecule has 12 heteroatoms. The smallest absolute Gasteiger partial charge is 0.341 e. The van der Waals surface area contributed by atoms with E-state index in [0.29, 0.717) is 23.8 Å². The summed E-state index contributed by atoms with van der Waals surface area (Å²) in [6.07, 6.45) is -4.19. The largest absolute Gasteiger partial charge is 0.416 e. The fraction of sp³-hybridized carbons (Fsp3) is 0.448. The molecule has 220 valence electrons. The van der Waals surface area contributed by atoms with Crippen LogP contribution in [0.15, 0.2) is 42.5 Å². The Morgan fingerprint density at radius 2 is 1.61 bits per heavy atom. The number of piperidine rings is 2. The summed E-state index contributed by atoms with van der Waals surface area (Å²) >= 11 is 0. The van der Waals surface area contributed by atoms with Gasteiger partial charge in [-0.2, -0.15) is 13.2 Å². The van der Waals surface area contributed by atoms with Gasteiger partial charge in [-0.25, -0.2) is 8.78 Å². The van der Waals surface area contributed by atoms with Crippen LogP contribution in [0.1, 0.15) is 60.5 Å². The van der Waals surface area contributed by atoms with Crippen LogP contribution in [0.5, 0.6) is 0 Å². The number of carbonyl (C=O) groups excluding carboxylic acids is 4. The number of likely N-dealkylation sites (N-methyl/N-ethyl adjacent to an activating group) is 1. The van der Waals surface area contributed by atoms with E-state index in [4.69, 9.17) is 0 Å². The zero-order valence-corrected chi connectivity index (χ0v) is 22.7. The van der Waals surface area contributed by atoms with E-state index in [1.807, 2.05) is 0 Å². The van der Waals surface area contributed by atoms with Crippen molar-refractivity contribution in [2.45, 2.75) is 51.2 Å². The van der Waals surface area contributed by atoms with E-state index in [9.17, 15) is 41.1 Å². The van der Waals surface area contributed by atoms with Crippen LogP contribution in [-0.2, 0) is 20.6 Å². The average molecular weight is 580 g/mol. The summed E-state index contributed by atoms with van der Waals surface area (Å²) in [5.41, 5.74) is -2.28. The van der Waals surface area contributed by atoms with E-state index in [2.05, 4.69) is 5.32 Å². The zero-order chi connectivity index (χ0) is 30.3. The van der Waals surface area contributed by atoms with Crippen molar-refractivity contribution >= 4 is 23.6 Å². The van der Waals surface area contributed by atoms with Gasteiger partial charge in [0.1, 0.15) is 17.7 Å². The van der Waals surface area contributed by atoms with Gasteiger partial charge in [-0.05, 0) is 60.1 Å². The molecule has 0 radical (unpaired) electrons. The molecule has 0 aliphatic carbocycles. The number of likely N-dealkylation sites (tertiary alicyclic amines) is 2. The number of rotatable bonds is 5. The van der Waals surface area contributed by atoms with E-state index >= 15 is 0 Å². The van der Waals surface area contributed by atoms with Gasteiger partial charge in [0.2, 0.25) is 17.7 Å². The lowest BCUT2D eigenvalue weighted by Crippen LogP contribution is -2.58. The normalized spacial score (nSPS) is 20.0. The van der Waals surface area contributed by atoms with Crippen molar-refractivity contribution in [1.29, 1.82) is 0 Å². The SMILES string of the molecule is CC(C)[C@@H](NC(=O)c1cc(C(F)(F)F)ccc1F)C(=O)N1CCC2(CC1)CC(=O)N(C)C(=O)C2c1ccc(F)cc1. The van der Waals surface area contributed by atoms with Crippen molar-refractivity contribution in [3.63, 3.8) is 0 Å². The summed E-state index contributed by atoms with van der Waals surface area (Å²) in [5, 5.41) is 2.39. The average Bonchev–Trinajstić information content (AvgIpc) is 2.91. The van der Waals surface area contributed by atoms with E-state index in [-0.39, 0.29) is 38.3 Å². The molecule has 1 N–H and O–H groups in total. The molecule has 0 aromatic heterocycles. The first-order valence-electron chi connectivity index (χ1n) is 13.2. The first-order chi connectivity index (χ1) is 19.1. The topological polar surface area (TPSA) is 86.8 Å². The minimum absolute atomic E-state index is 0.0540. The first-order valence-corrected chi connectivity index (χ1v) is 13.2. The molecular formula is C29H30F5N3O4. The lowest BCUT2D eigenvalue weighted by atomic mass is 9.61. The third-order valence-corrected chi connectivity index (χ3v) is 8.10. The number of halogens is 5. The number of hydrogen-bond donors (Lipinski definition) is 1. The minimum atomic E-state index is -4.79. The van der Waals surface area contributed by atoms with Crippen LogP contribution in [0.2, 0.25) is 0 Å². The van der Waals surface area contributed by atoms with Gasteiger partial charge < -0.3 is 10.2 Å². The molecule has 2 atom stereocenters. The highest BCUT2D eigenvalue weighted by Gasteiger charge is 2.53. The number of hydrogen-bond acceptors (Lipinski definition) is 4.